The van der Waals surface area contributed by atoms with E-state index in [1.807, 2.05) is 55.5 Å². The number of para-hydroxylation sites is 2. The van der Waals surface area contributed by atoms with E-state index in [4.69, 9.17) is 5.73 Å². The summed E-state index contributed by atoms with van der Waals surface area (Å²) in [5.74, 6) is -3.72. The maximum atomic E-state index is 14.2. The Kier molecular flexibility index (Phi) is 6.49. The standard InChI is InChI=1S/C31H27N5O6/c1-16-10-12-17(13-11-16)27-26-20(18-6-2-4-8-21(18)33-26)14-24-29(39)36(31(42)35(24)27)23-9-5-3-7-19(23)28(38)34-22(30(40)41)15-25(32)37/h2-13,22,24,27,33H,14-15H2,1H3,(H2,32,37)(H,34,38)(H,40,41). The number of hydrogen-bond donors (Lipinski definition) is 4. The van der Waals surface area contributed by atoms with E-state index in [9.17, 15) is 29.1 Å². The molecule has 11 nitrogen and oxygen atoms in total. The summed E-state index contributed by atoms with van der Waals surface area (Å²) in [7, 11) is 0. The first kappa shape index (κ1) is 26.8. The molecular formula is C31H27N5O6. The number of carbonyl (C=O) groups is 5. The Labute approximate surface area is 239 Å². The first-order chi connectivity index (χ1) is 20.2. The van der Waals surface area contributed by atoms with Gasteiger partial charge in [0.1, 0.15) is 18.1 Å². The van der Waals surface area contributed by atoms with Gasteiger partial charge in [0.25, 0.3) is 11.8 Å². The van der Waals surface area contributed by atoms with Gasteiger partial charge in [-0.2, -0.15) is 0 Å². The number of nitrogens with two attached hydrogens (primary N) is 1. The minimum Gasteiger partial charge on any atom is -0.480 e. The van der Waals surface area contributed by atoms with Crippen molar-refractivity contribution in [3.8, 4) is 0 Å². The van der Waals surface area contributed by atoms with Crippen LogP contribution in [0.25, 0.3) is 10.9 Å². The van der Waals surface area contributed by atoms with Crippen LogP contribution in [-0.4, -0.2) is 56.8 Å². The van der Waals surface area contributed by atoms with E-state index in [2.05, 4.69) is 10.3 Å². The molecule has 4 aromatic rings. The third kappa shape index (κ3) is 4.35. The lowest BCUT2D eigenvalue weighted by atomic mass is 9.88. The molecule has 6 rings (SSSR count). The summed E-state index contributed by atoms with van der Waals surface area (Å²) in [4.78, 5) is 70.5. The van der Waals surface area contributed by atoms with Gasteiger partial charge in [-0.1, -0.05) is 60.2 Å². The molecule has 3 unspecified atom stereocenters. The number of anilines is 1. The number of hydrogen-bond acceptors (Lipinski definition) is 5. The smallest absolute Gasteiger partial charge is 0.332 e. The summed E-state index contributed by atoms with van der Waals surface area (Å²) >= 11 is 0. The number of H-pyrrole nitrogens is 1. The van der Waals surface area contributed by atoms with Crippen molar-refractivity contribution in [2.24, 2.45) is 5.73 Å². The van der Waals surface area contributed by atoms with Gasteiger partial charge < -0.3 is 21.1 Å². The molecule has 42 heavy (non-hydrogen) atoms. The zero-order valence-corrected chi connectivity index (χ0v) is 22.5. The second-order valence-corrected chi connectivity index (χ2v) is 10.5. The monoisotopic (exact) mass is 565 g/mol. The van der Waals surface area contributed by atoms with Crippen molar-refractivity contribution >= 4 is 46.3 Å². The van der Waals surface area contributed by atoms with Crippen LogP contribution in [0.15, 0.2) is 72.8 Å². The Bertz CT molecular complexity index is 1780. The van der Waals surface area contributed by atoms with Crippen LogP contribution in [0.4, 0.5) is 10.5 Å². The second-order valence-electron chi connectivity index (χ2n) is 10.5. The largest absolute Gasteiger partial charge is 0.480 e. The number of urea groups is 1. The van der Waals surface area contributed by atoms with Gasteiger partial charge in [0, 0.05) is 23.0 Å². The molecule has 0 saturated carbocycles. The van der Waals surface area contributed by atoms with Crippen LogP contribution < -0.4 is 16.0 Å². The van der Waals surface area contributed by atoms with Crippen LogP contribution >= 0.6 is 0 Å². The fourth-order valence-electron chi connectivity index (χ4n) is 5.89. The van der Waals surface area contributed by atoms with E-state index in [-0.39, 0.29) is 17.7 Å². The Hall–Kier alpha value is -5.45. The molecule has 1 saturated heterocycles. The summed E-state index contributed by atoms with van der Waals surface area (Å²) in [6.07, 6.45) is -0.346. The number of nitrogens with zero attached hydrogens (tertiary/aromatic N) is 2. The van der Waals surface area contributed by atoms with Gasteiger partial charge in [0.15, 0.2) is 0 Å². The summed E-state index contributed by atoms with van der Waals surface area (Å²) in [6, 6.07) is 17.9. The average molecular weight is 566 g/mol. The number of carboxylic acid groups (broad SMARTS) is 1. The molecule has 0 spiro atoms. The van der Waals surface area contributed by atoms with E-state index in [0.29, 0.717) is 0 Å². The molecule has 212 valence electrons. The zero-order valence-electron chi connectivity index (χ0n) is 22.5. The average Bonchev–Trinajstić information content (AvgIpc) is 3.46. The topological polar surface area (TPSA) is 166 Å². The van der Waals surface area contributed by atoms with E-state index in [0.717, 1.165) is 38.2 Å². The van der Waals surface area contributed by atoms with E-state index < -0.39 is 54.3 Å². The van der Waals surface area contributed by atoms with Gasteiger partial charge in [0.2, 0.25) is 5.91 Å². The number of benzene rings is 3. The van der Waals surface area contributed by atoms with Crippen molar-refractivity contribution in [1.29, 1.82) is 0 Å². The van der Waals surface area contributed by atoms with Crippen LogP contribution in [-0.2, 0) is 20.8 Å². The number of aliphatic carboxylic acids is 1. The van der Waals surface area contributed by atoms with Crippen molar-refractivity contribution in [2.45, 2.75) is 37.9 Å². The van der Waals surface area contributed by atoms with Crippen LogP contribution in [0.2, 0.25) is 0 Å². The summed E-state index contributed by atoms with van der Waals surface area (Å²) in [6.45, 7) is 1.97. The van der Waals surface area contributed by atoms with Gasteiger partial charge in [-0.05, 0) is 36.2 Å². The molecule has 0 radical (unpaired) electrons. The third-order valence-corrected chi connectivity index (χ3v) is 7.84. The van der Waals surface area contributed by atoms with Crippen LogP contribution in [0.5, 0.6) is 0 Å². The molecule has 1 fully saturated rings. The lowest BCUT2D eigenvalue weighted by molar-refractivity contribution is -0.141. The van der Waals surface area contributed by atoms with Crippen molar-refractivity contribution in [3.63, 3.8) is 0 Å². The van der Waals surface area contributed by atoms with Crippen LogP contribution in [0, 0.1) is 6.92 Å². The van der Waals surface area contributed by atoms with Gasteiger partial charge in [-0.25, -0.2) is 14.5 Å². The first-order valence-corrected chi connectivity index (χ1v) is 13.4. The van der Waals surface area contributed by atoms with Crippen molar-refractivity contribution in [1.82, 2.24) is 15.2 Å². The molecule has 3 atom stereocenters. The zero-order chi connectivity index (χ0) is 29.7. The molecule has 2 aliphatic heterocycles. The highest BCUT2D eigenvalue weighted by molar-refractivity contribution is 6.24. The molecular weight excluding hydrogens is 538 g/mol. The highest BCUT2D eigenvalue weighted by atomic mass is 16.4. The van der Waals surface area contributed by atoms with Gasteiger partial charge in [0.05, 0.1) is 17.7 Å². The number of aryl methyl sites for hydroxylation is 1. The lowest BCUT2D eigenvalue weighted by Crippen LogP contribution is -2.44. The van der Waals surface area contributed by atoms with Crippen LogP contribution in [0.3, 0.4) is 0 Å². The maximum Gasteiger partial charge on any atom is 0.332 e. The number of imide groups is 1. The molecule has 11 heteroatoms. The Balaban J connectivity index is 1.42. The maximum absolute atomic E-state index is 14.2. The Morgan fingerprint density at radius 2 is 1.71 bits per heavy atom. The SMILES string of the molecule is Cc1ccc(C2c3[nH]c4ccccc4c3CC3C(=O)N(c4ccccc4C(=O)NC(CC(N)=O)C(=O)O)C(=O)N32)cc1. The number of primary amides is 1. The van der Waals surface area contributed by atoms with Gasteiger partial charge >= 0.3 is 12.0 Å². The molecule has 3 aromatic carbocycles. The normalized spacial score (nSPS) is 18.5. The molecule has 5 amide bonds. The third-order valence-electron chi connectivity index (χ3n) is 7.84. The number of fused-ring (bicyclic) bond motifs is 4. The minimum atomic E-state index is -1.58. The molecule has 5 N–H and O–H groups in total. The van der Waals surface area contributed by atoms with Gasteiger partial charge in [-0.3, -0.25) is 19.3 Å². The molecule has 1 aromatic heterocycles. The second kappa shape index (κ2) is 10.2. The quantitative estimate of drug-likeness (QED) is 0.252. The Morgan fingerprint density at radius 3 is 2.43 bits per heavy atom. The lowest BCUT2D eigenvalue weighted by Gasteiger charge is -2.36. The highest BCUT2D eigenvalue weighted by Crippen LogP contribution is 2.45. The van der Waals surface area contributed by atoms with E-state index in [1.54, 1.807) is 11.0 Å². The highest BCUT2D eigenvalue weighted by Gasteiger charge is 2.53. The van der Waals surface area contributed by atoms with E-state index in [1.165, 1.54) is 18.2 Å². The van der Waals surface area contributed by atoms with Crippen molar-refractivity contribution in [3.05, 3.63) is 101 Å². The summed E-state index contributed by atoms with van der Waals surface area (Å²) in [5.41, 5.74) is 9.61. The number of amides is 5. The first-order valence-electron chi connectivity index (χ1n) is 13.4. The fourth-order valence-corrected chi connectivity index (χ4v) is 5.89. The number of carboxylic acids is 1. The minimum absolute atomic E-state index is 0.0128. The summed E-state index contributed by atoms with van der Waals surface area (Å²) in [5, 5.41) is 12.7. The Morgan fingerprint density at radius 1 is 1.02 bits per heavy atom. The fraction of sp³-hybridized carbons (Fsp3) is 0.194. The molecule has 0 aliphatic carbocycles. The molecule has 0 bridgehead atoms. The molecule has 2 aliphatic rings. The number of rotatable bonds is 7. The summed E-state index contributed by atoms with van der Waals surface area (Å²) < 4.78 is 0. The van der Waals surface area contributed by atoms with E-state index >= 15 is 0 Å². The van der Waals surface area contributed by atoms with Gasteiger partial charge in [-0.15, -0.1) is 0 Å². The van der Waals surface area contributed by atoms with Crippen LogP contribution in [0.1, 0.15) is 45.2 Å². The van der Waals surface area contributed by atoms with Crippen molar-refractivity contribution in [2.75, 3.05) is 4.90 Å². The number of aromatic nitrogens is 1. The van der Waals surface area contributed by atoms with Crippen molar-refractivity contribution < 1.29 is 29.1 Å². The predicted molar refractivity (Wildman–Crippen MR) is 153 cm³/mol. The number of nitrogens with one attached hydrogen (secondary N) is 2. The predicted octanol–water partition coefficient (Wildman–Crippen LogP) is 3.02. The molecule has 3 heterocycles. The number of carbonyl (C=O) groups excluding carboxylic acids is 4. The number of aromatic amines is 1.